The fraction of sp³-hybridized carbons (Fsp3) is 1.00. The van der Waals surface area contributed by atoms with E-state index >= 15 is 0 Å². The fourth-order valence-electron chi connectivity index (χ4n) is 2.39. The van der Waals surface area contributed by atoms with E-state index < -0.39 is 15.9 Å². The molecule has 0 aromatic carbocycles. The van der Waals surface area contributed by atoms with Crippen molar-refractivity contribution in [3.8, 4) is 0 Å². The Balaban J connectivity index is 0. The molecule has 0 bridgehead atoms. The van der Waals surface area contributed by atoms with E-state index in [4.69, 9.17) is 14.2 Å². The number of ether oxygens (including phenoxy) is 3. The van der Waals surface area contributed by atoms with Crippen LogP contribution in [0.5, 0.6) is 0 Å². The zero-order chi connectivity index (χ0) is 18.6. The predicted octanol–water partition coefficient (Wildman–Crippen LogP) is 0.506. The van der Waals surface area contributed by atoms with Crippen LogP contribution in [0.3, 0.4) is 0 Å². The van der Waals surface area contributed by atoms with Gasteiger partial charge in [-0.25, -0.2) is 8.42 Å². The first-order chi connectivity index (χ1) is 12.1. The molecule has 0 unspecified atom stereocenters. The Labute approximate surface area is 182 Å². The van der Waals surface area contributed by atoms with E-state index in [-0.39, 0.29) is 42.8 Å². The third-order valence-corrected chi connectivity index (χ3v) is 4.53. The van der Waals surface area contributed by atoms with Gasteiger partial charge in [0.05, 0.1) is 48.9 Å². The third kappa shape index (κ3) is 27.0. The second-order valence-electron chi connectivity index (χ2n) is 6.28. The Bertz CT molecular complexity index is 365. The smallest absolute Gasteiger partial charge is 0.748 e. The van der Waals surface area contributed by atoms with Gasteiger partial charge in [-0.15, -0.1) is 0 Å². The average molecular weight is 405 g/mol. The standard InChI is InChI=1S/C18H38O6S.Na/c1-2-3-4-5-6-7-8-9-10-11-12-22-13-14-23-15-16-24-17-18-25(19,20)21;/h2-18H2,1H3,(H,19,20,21);/q;+1/p-1. The van der Waals surface area contributed by atoms with Crippen molar-refractivity contribution in [3.63, 3.8) is 0 Å². The molecule has 0 spiro atoms. The van der Waals surface area contributed by atoms with E-state index in [1.165, 1.54) is 57.8 Å². The quantitative estimate of drug-likeness (QED) is 0.167. The summed E-state index contributed by atoms with van der Waals surface area (Å²) in [4.78, 5) is 0. The fourth-order valence-corrected chi connectivity index (χ4v) is 2.72. The molecule has 0 aromatic rings. The Morgan fingerprint density at radius 1 is 0.615 bits per heavy atom. The largest absolute Gasteiger partial charge is 1.00 e. The summed E-state index contributed by atoms with van der Waals surface area (Å²) in [5.74, 6) is -0.491. The van der Waals surface area contributed by atoms with Crippen molar-refractivity contribution in [2.75, 3.05) is 45.4 Å². The van der Waals surface area contributed by atoms with Crippen LogP contribution in [-0.4, -0.2) is 58.4 Å². The molecule has 0 radical (unpaired) electrons. The van der Waals surface area contributed by atoms with Crippen molar-refractivity contribution >= 4 is 10.1 Å². The summed E-state index contributed by atoms with van der Waals surface area (Å²) >= 11 is 0. The summed E-state index contributed by atoms with van der Waals surface area (Å²) in [5.41, 5.74) is 0. The van der Waals surface area contributed by atoms with Gasteiger partial charge in [-0.05, 0) is 6.42 Å². The molecular weight excluding hydrogens is 367 g/mol. The van der Waals surface area contributed by atoms with Crippen molar-refractivity contribution in [3.05, 3.63) is 0 Å². The molecule has 6 nitrogen and oxygen atoms in total. The van der Waals surface area contributed by atoms with E-state index in [1.807, 2.05) is 0 Å². The summed E-state index contributed by atoms with van der Waals surface area (Å²) in [6, 6.07) is 0. The van der Waals surface area contributed by atoms with E-state index in [9.17, 15) is 13.0 Å². The first-order valence-corrected chi connectivity index (χ1v) is 11.3. The molecule has 0 saturated carbocycles. The molecule has 0 heterocycles. The Kier molecular flexibility index (Phi) is 24.6. The Morgan fingerprint density at radius 3 is 1.46 bits per heavy atom. The molecule has 152 valence electrons. The summed E-state index contributed by atoms with van der Waals surface area (Å²) in [7, 11) is -4.18. The molecule has 0 saturated heterocycles. The molecule has 0 aliphatic carbocycles. The molecule has 0 aliphatic heterocycles. The van der Waals surface area contributed by atoms with Crippen LogP contribution in [0.2, 0.25) is 0 Å². The van der Waals surface area contributed by atoms with Crippen molar-refractivity contribution in [2.45, 2.75) is 71.1 Å². The van der Waals surface area contributed by atoms with Crippen molar-refractivity contribution < 1.29 is 56.7 Å². The van der Waals surface area contributed by atoms with Crippen molar-refractivity contribution in [2.24, 2.45) is 0 Å². The molecule has 8 heteroatoms. The molecule has 0 atom stereocenters. The van der Waals surface area contributed by atoms with Gasteiger partial charge < -0.3 is 18.8 Å². The molecular formula is C18H37NaO6S. The van der Waals surface area contributed by atoms with Crippen LogP contribution in [0.15, 0.2) is 0 Å². The summed E-state index contributed by atoms with van der Waals surface area (Å²) in [5, 5.41) is 0. The molecule has 0 N–H and O–H groups in total. The summed E-state index contributed by atoms with van der Waals surface area (Å²) in [6.07, 6.45) is 13.2. The minimum atomic E-state index is -4.18. The Hall–Kier alpha value is 0.790. The van der Waals surface area contributed by atoms with Gasteiger partial charge in [0.15, 0.2) is 0 Å². The van der Waals surface area contributed by atoms with Gasteiger partial charge in [-0.2, -0.15) is 0 Å². The maximum Gasteiger partial charge on any atom is 1.00 e. The van der Waals surface area contributed by atoms with Crippen LogP contribution in [-0.2, 0) is 24.3 Å². The zero-order valence-corrected chi connectivity index (χ0v) is 19.7. The van der Waals surface area contributed by atoms with Gasteiger partial charge in [0.25, 0.3) is 0 Å². The molecule has 0 rings (SSSR count). The third-order valence-electron chi connectivity index (χ3n) is 3.86. The molecule has 0 aliphatic rings. The number of unbranched alkanes of at least 4 members (excludes halogenated alkanes) is 9. The molecule has 26 heavy (non-hydrogen) atoms. The van der Waals surface area contributed by atoms with Crippen molar-refractivity contribution in [1.82, 2.24) is 0 Å². The average Bonchev–Trinajstić information content (AvgIpc) is 2.56. The summed E-state index contributed by atoms with van der Waals surface area (Å²) < 4.78 is 46.8. The monoisotopic (exact) mass is 404 g/mol. The first-order valence-electron chi connectivity index (χ1n) is 9.73. The molecule has 0 aromatic heterocycles. The summed E-state index contributed by atoms with van der Waals surface area (Å²) in [6.45, 7) is 4.67. The van der Waals surface area contributed by atoms with Gasteiger partial charge in [0.2, 0.25) is 0 Å². The number of hydrogen-bond donors (Lipinski definition) is 0. The van der Waals surface area contributed by atoms with E-state index in [2.05, 4.69) is 6.92 Å². The normalized spacial score (nSPS) is 11.5. The maximum atomic E-state index is 10.3. The van der Waals surface area contributed by atoms with Gasteiger partial charge in [-0.3, -0.25) is 0 Å². The van der Waals surface area contributed by atoms with Gasteiger partial charge in [0.1, 0.15) is 0 Å². The number of rotatable bonds is 20. The van der Waals surface area contributed by atoms with E-state index in [0.29, 0.717) is 19.8 Å². The topological polar surface area (TPSA) is 84.9 Å². The second-order valence-corrected chi connectivity index (χ2v) is 7.80. The second kappa shape index (κ2) is 22.1. The molecule has 0 fully saturated rings. The van der Waals surface area contributed by atoms with Crippen LogP contribution >= 0.6 is 0 Å². The van der Waals surface area contributed by atoms with Crippen LogP contribution in [0.1, 0.15) is 71.1 Å². The maximum absolute atomic E-state index is 10.3. The van der Waals surface area contributed by atoms with Crippen LogP contribution in [0, 0.1) is 0 Å². The number of hydrogen-bond acceptors (Lipinski definition) is 6. The van der Waals surface area contributed by atoms with Crippen LogP contribution in [0.4, 0.5) is 0 Å². The van der Waals surface area contributed by atoms with Crippen molar-refractivity contribution in [1.29, 1.82) is 0 Å². The van der Waals surface area contributed by atoms with Crippen LogP contribution in [0.25, 0.3) is 0 Å². The Morgan fingerprint density at radius 2 is 1.00 bits per heavy atom. The minimum absolute atomic E-state index is 0. The van der Waals surface area contributed by atoms with Gasteiger partial charge in [-0.1, -0.05) is 64.7 Å². The molecule has 0 amide bonds. The van der Waals surface area contributed by atoms with Gasteiger partial charge in [0, 0.05) is 6.61 Å². The van der Waals surface area contributed by atoms with Gasteiger partial charge >= 0.3 is 29.6 Å². The van der Waals surface area contributed by atoms with Crippen LogP contribution < -0.4 is 29.6 Å². The van der Waals surface area contributed by atoms with E-state index in [1.54, 1.807) is 0 Å². The van der Waals surface area contributed by atoms with E-state index in [0.717, 1.165) is 13.0 Å². The minimum Gasteiger partial charge on any atom is -0.748 e. The SMILES string of the molecule is CCCCCCCCCCCCOCCOCCOCCS(=O)(=O)[O-].[Na+]. The zero-order valence-electron chi connectivity index (χ0n) is 16.9. The predicted molar refractivity (Wildman–Crippen MR) is 98.9 cm³/mol. The first kappa shape index (κ1) is 29.0.